The van der Waals surface area contributed by atoms with Crippen LogP contribution in [0.15, 0.2) is 24.3 Å². The zero-order valence-corrected chi connectivity index (χ0v) is 11.1. The Kier molecular flexibility index (Phi) is 7.18. The Morgan fingerprint density at radius 2 is 1.69 bits per heavy atom. The number of ether oxygens (including phenoxy) is 1. The second-order valence-corrected chi connectivity index (χ2v) is 4.35. The Morgan fingerprint density at radius 1 is 1.12 bits per heavy atom. The van der Waals surface area contributed by atoms with E-state index in [0.717, 1.165) is 12.2 Å². The monoisotopic (exact) mass is 243 g/mol. The molecule has 0 fully saturated rings. The Balaban J connectivity index is 0.00000225. The quantitative estimate of drug-likeness (QED) is 0.859. The molecule has 1 atom stereocenters. The normalized spacial score (nSPS) is 12.1. The molecule has 0 unspecified atom stereocenters. The van der Waals surface area contributed by atoms with Gasteiger partial charge in [0.25, 0.3) is 0 Å². The van der Waals surface area contributed by atoms with Gasteiger partial charge >= 0.3 is 0 Å². The molecular formula is C13H22ClNO. The average Bonchev–Trinajstić information content (AvgIpc) is 2.26. The predicted molar refractivity (Wildman–Crippen MR) is 71.2 cm³/mol. The van der Waals surface area contributed by atoms with Gasteiger partial charge in [0.05, 0.1) is 7.11 Å². The molecule has 3 heteroatoms. The van der Waals surface area contributed by atoms with Crippen LogP contribution in [-0.2, 0) is 0 Å². The van der Waals surface area contributed by atoms with E-state index in [0.29, 0.717) is 5.92 Å². The highest BCUT2D eigenvalue weighted by atomic mass is 35.5. The molecule has 1 aromatic carbocycles. The minimum Gasteiger partial charge on any atom is -0.497 e. The molecule has 0 heterocycles. The number of hydrogen-bond donors (Lipinski definition) is 1. The Morgan fingerprint density at radius 3 is 2.12 bits per heavy atom. The lowest BCUT2D eigenvalue weighted by Gasteiger charge is -2.13. The lowest BCUT2D eigenvalue weighted by molar-refractivity contribution is 0.414. The van der Waals surface area contributed by atoms with Gasteiger partial charge in [0.15, 0.2) is 0 Å². The van der Waals surface area contributed by atoms with Crippen molar-refractivity contribution >= 4 is 12.4 Å². The van der Waals surface area contributed by atoms with Gasteiger partial charge in [-0.15, -0.1) is 12.4 Å². The van der Waals surface area contributed by atoms with Crippen LogP contribution in [0.4, 0.5) is 0 Å². The van der Waals surface area contributed by atoms with Crippen molar-refractivity contribution in [3.8, 4) is 5.75 Å². The molecule has 0 spiro atoms. The third kappa shape index (κ3) is 4.86. The van der Waals surface area contributed by atoms with Crippen LogP contribution in [0.2, 0.25) is 0 Å². The molecule has 92 valence electrons. The summed E-state index contributed by atoms with van der Waals surface area (Å²) in [5.74, 6) is 1.60. The molecule has 1 rings (SSSR count). The number of benzene rings is 1. The first-order chi connectivity index (χ1) is 7.13. The smallest absolute Gasteiger partial charge is 0.118 e. The minimum absolute atomic E-state index is 0. The summed E-state index contributed by atoms with van der Waals surface area (Å²) in [4.78, 5) is 0. The number of rotatable bonds is 5. The van der Waals surface area contributed by atoms with E-state index in [-0.39, 0.29) is 18.4 Å². The third-order valence-corrected chi connectivity index (χ3v) is 2.60. The lowest BCUT2D eigenvalue weighted by atomic mass is 9.98. The third-order valence-electron chi connectivity index (χ3n) is 2.60. The van der Waals surface area contributed by atoms with Crippen molar-refractivity contribution in [3.05, 3.63) is 29.8 Å². The molecule has 2 N–H and O–H groups in total. The summed E-state index contributed by atoms with van der Waals surface area (Å²) in [6.45, 7) is 4.45. The highest BCUT2D eigenvalue weighted by molar-refractivity contribution is 5.85. The van der Waals surface area contributed by atoms with Crippen LogP contribution in [0.5, 0.6) is 5.75 Å². The molecule has 0 aromatic heterocycles. The molecule has 0 saturated carbocycles. The van der Waals surface area contributed by atoms with Crippen LogP contribution in [0, 0.1) is 5.92 Å². The molecular weight excluding hydrogens is 222 g/mol. The van der Waals surface area contributed by atoms with Crippen molar-refractivity contribution in [3.63, 3.8) is 0 Å². The van der Waals surface area contributed by atoms with Crippen molar-refractivity contribution in [2.75, 3.05) is 7.11 Å². The summed E-state index contributed by atoms with van der Waals surface area (Å²) in [6, 6.07) is 8.17. The summed E-state index contributed by atoms with van der Waals surface area (Å²) in [5, 5.41) is 0. The Hall–Kier alpha value is -0.730. The van der Waals surface area contributed by atoms with E-state index in [1.165, 1.54) is 12.0 Å². The Labute approximate surface area is 105 Å². The fourth-order valence-electron chi connectivity index (χ4n) is 1.53. The minimum atomic E-state index is 0. The maximum absolute atomic E-state index is 6.09. The fourth-order valence-corrected chi connectivity index (χ4v) is 1.53. The van der Waals surface area contributed by atoms with Gasteiger partial charge in [-0.05, 0) is 36.5 Å². The molecule has 0 bridgehead atoms. The van der Waals surface area contributed by atoms with Crippen molar-refractivity contribution in [1.82, 2.24) is 0 Å². The molecule has 1 aromatic rings. The topological polar surface area (TPSA) is 35.2 Å². The van der Waals surface area contributed by atoms with Gasteiger partial charge in [0, 0.05) is 6.04 Å². The standard InChI is InChI=1S/C13H21NO.ClH/c1-10(2)4-9-13(14)11-5-7-12(15-3)8-6-11;/h5-8,10,13H,4,9,14H2,1-3H3;1H/t13-;/m0./s1. The van der Waals surface area contributed by atoms with Gasteiger partial charge in [0.1, 0.15) is 5.75 Å². The van der Waals surface area contributed by atoms with Crippen LogP contribution in [0.1, 0.15) is 38.3 Å². The fraction of sp³-hybridized carbons (Fsp3) is 0.538. The van der Waals surface area contributed by atoms with Gasteiger partial charge in [-0.2, -0.15) is 0 Å². The summed E-state index contributed by atoms with van der Waals surface area (Å²) in [5.41, 5.74) is 7.29. The number of halogens is 1. The van der Waals surface area contributed by atoms with Crippen molar-refractivity contribution in [2.24, 2.45) is 11.7 Å². The second kappa shape index (κ2) is 7.53. The number of methoxy groups -OCH3 is 1. The predicted octanol–water partition coefficient (Wildman–Crippen LogP) is 3.55. The van der Waals surface area contributed by atoms with E-state index >= 15 is 0 Å². The summed E-state index contributed by atoms with van der Waals surface area (Å²) >= 11 is 0. The average molecular weight is 244 g/mol. The van der Waals surface area contributed by atoms with Crippen LogP contribution in [0.3, 0.4) is 0 Å². The Bertz CT molecular complexity index is 284. The van der Waals surface area contributed by atoms with Crippen molar-refractivity contribution in [1.29, 1.82) is 0 Å². The molecule has 16 heavy (non-hydrogen) atoms. The number of nitrogens with two attached hydrogens (primary N) is 1. The van der Waals surface area contributed by atoms with Crippen LogP contribution in [-0.4, -0.2) is 7.11 Å². The van der Waals surface area contributed by atoms with Crippen molar-refractivity contribution in [2.45, 2.75) is 32.7 Å². The van der Waals surface area contributed by atoms with Crippen LogP contribution < -0.4 is 10.5 Å². The molecule has 0 aliphatic carbocycles. The van der Waals surface area contributed by atoms with Gasteiger partial charge in [0.2, 0.25) is 0 Å². The summed E-state index contributed by atoms with van der Waals surface area (Å²) in [7, 11) is 1.67. The summed E-state index contributed by atoms with van der Waals surface area (Å²) < 4.78 is 5.11. The summed E-state index contributed by atoms with van der Waals surface area (Å²) in [6.07, 6.45) is 2.22. The largest absolute Gasteiger partial charge is 0.497 e. The second-order valence-electron chi connectivity index (χ2n) is 4.35. The van der Waals surface area contributed by atoms with Gasteiger partial charge in [-0.1, -0.05) is 26.0 Å². The SMILES string of the molecule is COc1ccc([C@@H](N)CCC(C)C)cc1.Cl. The van der Waals surface area contributed by atoms with E-state index in [9.17, 15) is 0 Å². The van der Waals surface area contributed by atoms with E-state index in [1.54, 1.807) is 7.11 Å². The maximum Gasteiger partial charge on any atom is 0.118 e. The van der Waals surface area contributed by atoms with E-state index in [1.807, 2.05) is 24.3 Å². The molecule has 0 saturated heterocycles. The van der Waals surface area contributed by atoms with E-state index in [2.05, 4.69) is 13.8 Å². The first kappa shape index (κ1) is 15.3. The van der Waals surface area contributed by atoms with Crippen LogP contribution >= 0.6 is 12.4 Å². The van der Waals surface area contributed by atoms with Gasteiger partial charge < -0.3 is 10.5 Å². The number of hydrogen-bond acceptors (Lipinski definition) is 2. The molecule has 0 aliphatic heterocycles. The first-order valence-corrected chi connectivity index (χ1v) is 5.53. The van der Waals surface area contributed by atoms with E-state index in [4.69, 9.17) is 10.5 Å². The zero-order chi connectivity index (χ0) is 11.3. The zero-order valence-electron chi connectivity index (χ0n) is 10.3. The highest BCUT2D eigenvalue weighted by Gasteiger charge is 2.06. The van der Waals surface area contributed by atoms with Gasteiger partial charge in [-0.25, -0.2) is 0 Å². The molecule has 0 aliphatic rings. The van der Waals surface area contributed by atoms with Gasteiger partial charge in [-0.3, -0.25) is 0 Å². The molecule has 0 amide bonds. The van der Waals surface area contributed by atoms with E-state index < -0.39 is 0 Å². The first-order valence-electron chi connectivity index (χ1n) is 5.53. The van der Waals surface area contributed by atoms with Crippen molar-refractivity contribution < 1.29 is 4.74 Å². The van der Waals surface area contributed by atoms with Crippen LogP contribution in [0.25, 0.3) is 0 Å². The highest BCUT2D eigenvalue weighted by Crippen LogP contribution is 2.20. The molecule has 0 radical (unpaired) electrons. The lowest BCUT2D eigenvalue weighted by Crippen LogP contribution is -2.11. The maximum atomic E-state index is 6.09. The molecule has 2 nitrogen and oxygen atoms in total.